The molecule has 14 heavy (non-hydrogen) atoms. The first-order chi connectivity index (χ1) is 6.69. The van der Waals surface area contributed by atoms with Gasteiger partial charge in [-0.15, -0.1) is 0 Å². The molecule has 0 aromatic carbocycles. The summed E-state index contributed by atoms with van der Waals surface area (Å²) in [5.41, 5.74) is 1.91. The van der Waals surface area contributed by atoms with Gasteiger partial charge >= 0.3 is 0 Å². The van der Waals surface area contributed by atoms with Gasteiger partial charge in [0.2, 0.25) is 0 Å². The van der Waals surface area contributed by atoms with Crippen molar-refractivity contribution in [1.82, 2.24) is 4.98 Å². The molecule has 3 N–H and O–H groups in total. The summed E-state index contributed by atoms with van der Waals surface area (Å²) in [6.07, 6.45) is 3.11. The molecule has 0 bridgehead atoms. The first-order valence-electron chi connectivity index (χ1n) is 5.32. The Morgan fingerprint density at radius 2 is 1.50 bits per heavy atom. The number of hydrogen-bond acceptors (Lipinski definition) is 2. The molecular weight excluding hydrogens is 178 g/mol. The number of aromatic nitrogens is 1. The summed E-state index contributed by atoms with van der Waals surface area (Å²) in [6, 6.07) is 0. The molecule has 0 saturated heterocycles. The van der Waals surface area contributed by atoms with E-state index in [4.69, 9.17) is 0 Å². The van der Waals surface area contributed by atoms with Crippen LogP contribution < -0.4 is 0 Å². The molecule has 1 aliphatic rings. The molecule has 0 aliphatic heterocycles. The lowest BCUT2D eigenvalue weighted by Gasteiger charge is -2.09. The maximum atomic E-state index is 9.65. The van der Waals surface area contributed by atoms with E-state index in [1.165, 1.54) is 0 Å². The van der Waals surface area contributed by atoms with Crippen LogP contribution >= 0.6 is 0 Å². The van der Waals surface area contributed by atoms with Gasteiger partial charge in [0.05, 0.1) is 0 Å². The molecule has 3 nitrogen and oxygen atoms in total. The average Bonchev–Trinajstić information content (AvgIpc) is 2.67. The van der Waals surface area contributed by atoms with Gasteiger partial charge in [-0.25, -0.2) is 0 Å². The van der Waals surface area contributed by atoms with Crippen LogP contribution in [0.3, 0.4) is 0 Å². The molecule has 0 spiro atoms. The normalized spacial score (nSPS) is 25.3. The van der Waals surface area contributed by atoms with Crippen LogP contribution in [0.4, 0.5) is 0 Å². The van der Waals surface area contributed by atoms with E-state index < -0.39 is 0 Å². The molecule has 1 aromatic heterocycles. The van der Waals surface area contributed by atoms with E-state index in [0.29, 0.717) is 11.8 Å². The van der Waals surface area contributed by atoms with Crippen molar-refractivity contribution in [2.24, 2.45) is 0 Å². The molecular formula is C11H17NO2. The van der Waals surface area contributed by atoms with Gasteiger partial charge in [0.25, 0.3) is 0 Å². The van der Waals surface area contributed by atoms with Gasteiger partial charge in [-0.1, -0.05) is 13.8 Å². The highest BCUT2D eigenvalue weighted by Crippen LogP contribution is 2.52. The van der Waals surface area contributed by atoms with Crippen LogP contribution in [0.25, 0.3) is 0 Å². The molecule has 0 fully saturated rings. The van der Waals surface area contributed by atoms with Gasteiger partial charge in [0.1, 0.15) is 0 Å². The lowest BCUT2D eigenvalue weighted by molar-refractivity contribution is 0.409. The van der Waals surface area contributed by atoms with Crippen molar-refractivity contribution in [3.05, 3.63) is 11.1 Å². The van der Waals surface area contributed by atoms with E-state index >= 15 is 0 Å². The number of aromatic amines is 1. The summed E-state index contributed by atoms with van der Waals surface area (Å²) in [7, 11) is 0. The Morgan fingerprint density at radius 1 is 1.07 bits per heavy atom. The standard InChI is InChI=1S/C11H17NO2/c1-3-6-5-7(4-2)9-8(6)10(13)12-11(9)14/h6-7,12-14H,3-5H2,1-2H3. The molecule has 0 radical (unpaired) electrons. The third-order valence-electron chi connectivity index (χ3n) is 3.41. The van der Waals surface area contributed by atoms with Crippen LogP contribution in [0.1, 0.15) is 56.1 Å². The Labute approximate surface area is 83.8 Å². The Balaban J connectivity index is 2.49. The van der Waals surface area contributed by atoms with Crippen LogP contribution in [-0.2, 0) is 0 Å². The minimum absolute atomic E-state index is 0.167. The van der Waals surface area contributed by atoms with Crippen LogP contribution in [-0.4, -0.2) is 15.2 Å². The molecule has 1 aliphatic carbocycles. The average molecular weight is 195 g/mol. The highest BCUT2D eigenvalue weighted by Gasteiger charge is 2.35. The molecule has 2 atom stereocenters. The monoisotopic (exact) mass is 195 g/mol. The van der Waals surface area contributed by atoms with Gasteiger partial charge in [-0.3, -0.25) is 4.98 Å². The molecule has 2 unspecified atom stereocenters. The van der Waals surface area contributed by atoms with E-state index in [-0.39, 0.29) is 11.8 Å². The molecule has 3 heteroatoms. The summed E-state index contributed by atoms with van der Waals surface area (Å²) in [4.78, 5) is 2.62. The second kappa shape index (κ2) is 3.23. The van der Waals surface area contributed by atoms with E-state index in [1.54, 1.807) is 0 Å². The molecule has 1 heterocycles. The second-order valence-corrected chi connectivity index (χ2v) is 4.10. The third kappa shape index (κ3) is 1.11. The van der Waals surface area contributed by atoms with Crippen molar-refractivity contribution in [2.45, 2.75) is 44.9 Å². The number of hydrogen-bond donors (Lipinski definition) is 3. The van der Waals surface area contributed by atoms with Crippen LogP contribution in [0.15, 0.2) is 0 Å². The van der Waals surface area contributed by atoms with Gasteiger partial charge in [-0.2, -0.15) is 0 Å². The highest BCUT2D eigenvalue weighted by atomic mass is 16.3. The number of rotatable bonds is 2. The zero-order valence-corrected chi connectivity index (χ0v) is 8.67. The van der Waals surface area contributed by atoms with Crippen molar-refractivity contribution < 1.29 is 10.2 Å². The lowest BCUT2D eigenvalue weighted by atomic mass is 9.97. The third-order valence-corrected chi connectivity index (χ3v) is 3.41. The first kappa shape index (κ1) is 9.44. The fourth-order valence-electron chi connectivity index (χ4n) is 2.65. The second-order valence-electron chi connectivity index (χ2n) is 4.10. The smallest absolute Gasteiger partial charge is 0.195 e. The molecule has 2 rings (SSSR count). The summed E-state index contributed by atoms with van der Waals surface area (Å²) in [5.74, 6) is 1.15. The Kier molecular flexibility index (Phi) is 2.17. The van der Waals surface area contributed by atoms with Crippen molar-refractivity contribution in [3.63, 3.8) is 0 Å². The maximum absolute atomic E-state index is 9.65. The lowest BCUT2D eigenvalue weighted by Crippen LogP contribution is -1.92. The summed E-state index contributed by atoms with van der Waals surface area (Å²) < 4.78 is 0. The molecule has 78 valence electrons. The Morgan fingerprint density at radius 3 is 1.86 bits per heavy atom. The summed E-state index contributed by atoms with van der Waals surface area (Å²) in [5, 5.41) is 19.3. The van der Waals surface area contributed by atoms with Crippen molar-refractivity contribution >= 4 is 0 Å². The number of fused-ring (bicyclic) bond motifs is 1. The van der Waals surface area contributed by atoms with Crippen molar-refractivity contribution in [3.8, 4) is 11.8 Å². The summed E-state index contributed by atoms with van der Waals surface area (Å²) >= 11 is 0. The zero-order chi connectivity index (χ0) is 10.3. The SMILES string of the molecule is CCC1CC(CC)c2c(O)[nH]c(O)c21. The van der Waals surface area contributed by atoms with E-state index in [2.05, 4.69) is 18.8 Å². The summed E-state index contributed by atoms with van der Waals surface area (Å²) in [6.45, 7) is 4.24. The van der Waals surface area contributed by atoms with Crippen molar-refractivity contribution in [1.29, 1.82) is 0 Å². The predicted molar refractivity (Wildman–Crippen MR) is 54.8 cm³/mol. The van der Waals surface area contributed by atoms with Gasteiger partial charge in [0, 0.05) is 11.1 Å². The minimum atomic E-state index is 0.167. The highest BCUT2D eigenvalue weighted by molar-refractivity contribution is 5.51. The van der Waals surface area contributed by atoms with E-state index in [0.717, 1.165) is 30.4 Å². The molecule has 0 amide bonds. The first-order valence-corrected chi connectivity index (χ1v) is 5.32. The van der Waals surface area contributed by atoms with Gasteiger partial charge in [0.15, 0.2) is 11.8 Å². The predicted octanol–water partition coefficient (Wildman–Crippen LogP) is 2.82. The van der Waals surface area contributed by atoms with E-state index in [1.807, 2.05) is 0 Å². The maximum Gasteiger partial charge on any atom is 0.195 e. The van der Waals surface area contributed by atoms with E-state index in [9.17, 15) is 10.2 Å². The van der Waals surface area contributed by atoms with Crippen LogP contribution in [0, 0.1) is 0 Å². The van der Waals surface area contributed by atoms with Crippen LogP contribution in [0.5, 0.6) is 11.8 Å². The quantitative estimate of drug-likeness (QED) is 0.679. The number of aromatic hydroxyl groups is 2. The van der Waals surface area contributed by atoms with Gasteiger partial charge in [-0.05, 0) is 31.1 Å². The Hall–Kier alpha value is -1.12. The number of H-pyrrole nitrogens is 1. The largest absolute Gasteiger partial charge is 0.494 e. The number of nitrogens with one attached hydrogen (secondary N) is 1. The molecule has 1 aromatic rings. The van der Waals surface area contributed by atoms with Gasteiger partial charge < -0.3 is 10.2 Å². The molecule has 0 saturated carbocycles. The fraction of sp³-hybridized carbons (Fsp3) is 0.636. The minimum Gasteiger partial charge on any atom is -0.494 e. The van der Waals surface area contributed by atoms with Crippen molar-refractivity contribution in [2.75, 3.05) is 0 Å². The Bertz CT molecular complexity index is 313. The zero-order valence-electron chi connectivity index (χ0n) is 8.67. The fourth-order valence-corrected chi connectivity index (χ4v) is 2.65. The topological polar surface area (TPSA) is 56.2 Å². The van der Waals surface area contributed by atoms with Crippen LogP contribution in [0.2, 0.25) is 0 Å².